The van der Waals surface area contributed by atoms with Gasteiger partial charge in [-0.25, -0.2) is 4.79 Å². The summed E-state index contributed by atoms with van der Waals surface area (Å²) in [7, 11) is 0. The molecule has 2 fully saturated rings. The summed E-state index contributed by atoms with van der Waals surface area (Å²) in [6.45, 7) is 9.14. The highest BCUT2D eigenvalue weighted by atomic mass is 16.4. The fourth-order valence-corrected chi connectivity index (χ4v) is 5.83. The molecule has 1 spiro atoms. The predicted octanol–water partition coefficient (Wildman–Crippen LogP) is 6.63. The van der Waals surface area contributed by atoms with Crippen LogP contribution in [0.25, 0.3) is 0 Å². The Balaban J connectivity index is 1.68. The maximum absolute atomic E-state index is 13.9. The summed E-state index contributed by atoms with van der Waals surface area (Å²) in [6.07, 6.45) is 10.2. The van der Waals surface area contributed by atoms with Crippen LogP contribution in [0.5, 0.6) is 0 Å². The lowest BCUT2D eigenvalue weighted by Crippen LogP contribution is -2.51. The van der Waals surface area contributed by atoms with E-state index >= 15 is 0 Å². The first-order chi connectivity index (χ1) is 15.6. The minimum Gasteiger partial charge on any atom is -0.478 e. The van der Waals surface area contributed by atoms with Gasteiger partial charge < -0.3 is 10.0 Å². The number of rotatable bonds is 8. The molecular weight excluding hydrogens is 412 g/mol. The van der Waals surface area contributed by atoms with Crippen LogP contribution in [0.4, 0.5) is 0 Å². The number of nitrogens with zero attached hydrogens (tertiary/aromatic N) is 2. The number of aliphatic imine (C=N–C) groups is 1. The van der Waals surface area contributed by atoms with E-state index in [-0.39, 0.29) is 22.9 Å². The monoisotopic (exact) mass is 452 g/mol. The molecule has 0 bridgehead atoms. The summed E-state index contributed by atoms with van der Waals surface area (Å²) in [5.74, 6) is 0.474. The summed E-state index contributed by atoms with van der Waals surface area (Å²) < 4.78 is 0. The van der Waals surface area contributed by atoms with E-state index in [9.17, 15) is 14.7 Å². The highest BCUT2D eigenvalue weighted by Crippen LogP contribution is 2.50. The third-order valence-electron chi connectivity index (χ3n) is 8.13. The van der Waals surface area contributed by atoms with Gasteiger partial charge in [0.1, 0.15) is 11.4 Å². The quantitative estimate of drug-likeness (QED) is 0.481. The number of carbonyl (C=O) groups excluding carboxylic acids is 1. The fourth-order valence-electron chi connectivity index (χ4n) is 5.83. The SMILES string of the molecule is CCCC[C@H](c1ccc(C(=O)O)cc1)N1C(=O)C(CC2CC2)=NC12CCC(C(C)(C)C)CC2. The minimum atomic E-state index is -0.920. The molecule has 0 aromatic heterocycles. The summed E-state index contributed by atoms with van der Waals surface area (Å²) >= 11 is 0. The molecule has 1 N–H and O–H groups in total. The van der Waals surface area contributed by atoms with Crippen molar-refractivity contribution in [1.82, 2.24) is 4.90 Å². The summed E-state index contributed by atoms with van der Waals surface area (Å²) in [5, 5.41) is 9.34. The Bertz CT molecular complexity index is 900. The van der Waals surface area contributed by atoms with Gasteiger partial charge in [0.05, 0.1) is 11.6 Å². The number of hydrogen-bond acceptors (Lipinski definition) is 3. The van der Waals surface area contributed by atoms with Crippen LogP contribution >= 0.6 is 0 Å². The number of unbranched alkanes of at least 4 members (excludes halogenated alkanes) is 1. The number of carboxylic acid groups (broad SMARTS) is 1. The van der Waals surface area contributed by atoms with E-state index in [2.05, 4.69) is 32.6 Å². The largest absolute Gasteiger partial charge is 0.478 e. The Labute approximate surface area is 198 Å². The van der Waals surface area contributed by atoms with Crippen molar-refractivity contribution in [3.05, 3.63) is 35.4 Å². The molecule has 0 unspecified atom stereocenters. The molecule has 5 heteroatoms. The molecule has 1 aromatic rings. The average Bonchev–Trinajstić information content (AvgIpc) is 3.55. The van der Waals surface area contributed by atoms with Crippen LogP contribution in [-0.2, 0) is 4.79 Å². The predicted molar refractivity (Wildman–Crippen MR) is 131 cm³/mol. The van der Waals surface area contributed by atoms with Crippen LogP contribution in [0.15, 0.2) is 29.3 Å². The molecule has 1 heterocycles. The molecule has 2 saturated carbocycles. The number of aromatic carboxylic acids is 1. The molecule has 2 aliphatic carbocycles. The van der Waals surface area contributed by atoms with Gasteiger partial charge in [-0.05, 0) is 86.3 Å². The Morgan fingerprint density at radius 1 is 1.15 bits per heavy atom. The van der Waals surface area contributed by atoms with Crippen molar-refractivity contribution < 1.29 is 14.7 Å². The lowest BCUT2D eigenvalue weighted by Gasteiger charge is -2.47. The Hall–Kier alpha value is -2.17. The van der Waals surface area contributed by atoms with E-state index < -0.39 is 11.6 Å². The van der Waals surface area contributed by atoms with Crippen molar-refractivity contribution in [3.8, 4) is 0 Å². The number of amides is 1. The van der Waals surface area contributed by atoms with Gasteiger partial charge in [-0.3, -0.25) is 9.79 Å². The van der Waals surface area contributed by atoms with Gasteiger partial charge in [0.25, 0.3) is 5.91 Å². The number of benzene rings is 1. The number of carboxylic acids is 1. The molecule has 1 atom stereocenters. The molecule has 33 heavy (non-hydrogen) atoms. The van der Waals surface area contributed by atoms with Gasteiger partial charge in [-0.15, -0.1) is 0 Å². The van der Waals surface area contributed by atoms with Crippen LogP contribution in [0.1, 0.15) is 114 Å². The van der Waals surface area contributed by atoms with Crippen LogP contribution in [-0.4, -0.2) is 33.3 Å². The zero-order chi connectivity index (χ0) is 23.8. The Morgan fingerprint density at radius 2 is 1.79 bits per heavy atom. The number of carbonyl (C=O) groups is 2. The molecule has 5 nitrogen and oxygen atoms in total. The van der Waals surface area contributed by atoms with Crippen molar-refractivity contribution in [2.24, 2.45) is 22.2 Å². The fraction of sp³-hybridized carbons (Fsp3) is 0.679. The lowest BCUT2D eigenvalue weighted by atomic mass is 9.69. The zero-order valence-electron chi connectivity index (χ0n) is 20.8. The van der Waals surface area contributed by atoms with Crippen molar-refractivity contribution in [3.63, 3.8) is 0 Å². The van der Waals surface area contributed by atoms with E-state index in [0.717, 1.165) is 62.6 Å². The minimum absolute atomic E-state index is 0.0630. The molecule has 180 valence electrons. The topological polar surface area (TPSA) is 70.0 Å². The summed E-state index contributed by atoms with van der Waals surface area (Å²) in [6, 6.07) is 7.10. The second-order valence-corrected chi connectivity index (χ2v) is 11.6. The Kier molecular flexibility index (Phi) is 6.70. The number of hydrogen-bond donors (Lipinski definition) is 1. The molecule has 3 aliphatic rings. The first kappa shape index (κ1) is 24.0. The highest BCUT2D eigenvalue weighted by molar-refractivity contribution is 6.40. The van der Waals surface area contributed by atoms with Crippen LogP contribution in [0, 0.1) is 17.3 Å². The maximum atomic E-state index is 13.9. The zero-order valence-corrected chi connectivity index (χ0v) is 20.8. The van der Waals surface area contributed by atoms with Gasteiger partial charge >= 0.3 is 5.97 Å². The first-order valence-corrected chi connectivity index (χ1v) is 12.9. The molecule has 4 rings (SSSR count). The molecular formula is C28H40N2O3. The van der Waals surface area contributed by atoms with Gasteiger partial charge in [0.15, 0.2) is 0 Å². The first-order valence-electron chi connectivity index (χ1n) is 12.9. The lowest BCUT2D eigenvalue weighted by molar-refractivity contribution is -0.134. The summed E-state index contributed by atoms with van der Waals surface area (Å²) in [4.78, 5) is 32.6. The molecule has 1 aromatic carbocycles. The highest BCUT2D eigenvalue weighted by Gasteiger charge is 2.52. The third-order valence-corrected chi connectivity index (χ3v) is 8.13. The smallest absolute Gasteiger partial charge is 0.335 e. The van der Waals surface area contributed by atoms with Crippen molar-refractivity contribution in [2.45, 2.75) is 104 Å². The summed E-state index contributed by atoms with van der Waals surface area (Å²) in [5.41, 5.74) is 1.93. The maximum Gasteiger partial charge on any atom is 0.335 e. The third kappa shape index (κ3) is 5.02. The van der Waals surface area contributed by atoms with E-state index in [0.29, 0.717) is 11.8 Å². The van der Waals surface area contributed by atoms with Crippen LogP contribution < -0.4 is 0 Å². The van der Waals surface area contributed by atoms with Crippen molar-refractivity contribution in [2.75, 3.05) is 0 Å². The normalized spacial score (nSPS) is 26.5. The van der Waals surface area contributed by atoms with Gasteiger partial charge in [0, 0.05) is 0 Å². The van der Waals surface area contributed by atoms with Crippen molar-refractivity contribution >= 4 is 17.6 Å². The van der Waals surface area contributed by atoms with E-state index in [1.165, 1.54) is 12.8 Å². The second-order valence-electron chi connectivity index (χ2n) is 11.6. The van der Waals surface area contributed by atoms with Gasteiger partial charge in [-0.2, -0.15) is 0 Å². The van der Waals surface area contributed by atoms with E-state index in [4.69, 9.17) is 4.99 Å². The Morgan fingerprint density at radius 3 is 2.30 bits per heavy atom. The van der Waals surface area contributed by atoms with E-state index in [1.54, 1.807) is 12.1 Å². The molecule has 0 saturated heterocycles. The van der Waals surface area contributed by atoms with Gasteiger partial charge in [-0.1, -0.05) is 52.7 Å². The van der Waals surface area contributed by atoms with Crippen LogP contribution in [0.2, 0.25) is 0 Å². The average molecular weight is 453 g/mol. The molecule has 0 radical (unpaired) electrons. The second kappa shape index (κ2) is 9.23. The molecule has 1 amide bonds. The van der Waals surface area contributed by atoms with Crippen LogP contribution in [0.3, 0.4) is 0 Å². The van der Waals surface area contributed by atoms with E-state index in [1.807, 2.05) is 12.1 Å². The van der Waals surface area contributed by atoms with Gasteiger partial charge in [0.2, 0.25) is 0 Å². The standard InChI is InChI=1S/C28H40N2O3/c1-5-6-7-24(20-10-12-21(13-11-20)26(32)33)30-25(31)23(18-19-8-9-19)29-28(30)16-14-22(15-17-28)27(2,3)4/h10-13,19,22,24H,5-9,14-18H2,1-4H3,(H,32,33)/t22?,24-,28?/m1/s1. The van der Waals surface area contributed by atoms with Crippen molar-refractivity contribution in [1.29, 1.82) is 0 Å². The molecule has 1 aliphatic heterocycles.